The second kappa shape index (κ2) is 6.47. The molecule has 1 atom stereocenters. The highest BCUT2D eigenvalue weighted by molar-refractivity contribution is 7.15. The Balaban J connectivity index is 2.81. The Kier molecular flexibility index (Phi) is 5.23. The van der Waals surface area contributed by atoms with Gasteiger partial charge in [-0.2, -0.15) is 0 Å². The van der Waals surface area contributed by atoms with Crippen molar-refractivity contribution in [2.75, 3.05) is 7.11 Å². The fourth-order valence-electron chi connectivity index (χ4n) is 1.49. The third-order valence-corrected chi connectivity index (χ3v) is 3.77. The molecule has 5 nitrogen and oxygen atoms in total. The first kappa shape index (κ1) is 15.4. The summed E-state index contributed by atoms with van der Waals surface area (Å²) >= 11 is 1.11. The van der Waals surface area contributed by atoms with Crippen LogP contribution in [0.15, 0.2) is 12.1 Å². The lowest BCUT2D eigenvalue weighted by Crippen LogP contribution is -2.44. The number of methoxy groups -OCH3 is 1. The number of esters is 1. The summed E-state index contributed by atoms with van der Waals surface area (Å²) < 4.78 is 4.65. The van der Waals surface area contributed by atoms with Gasteiger partial charge in [-0.05, 0) is 25.0 Å². The van der Waals surface area contributed by atoms with E-state index in [0.29, 0.717) is 9.75 Å². The van der Waals surface area contributed by atoms with Crippen LogP contribution in [0.25, 0.3) is 0 Å². The summed E-state index contributed by atoms with van der Waals surface area (Å²) in [6, 6.07) is 2.48. The van der Waals surface area contributed by atoms with Gasteiger partial charge >= 0.3 is 5.97 Å². The van der Waals surface area contributed by atoms with Crippen LogP contribution in [0, 0.1) is 5.92 Å². The molecule has 0 aliphatic rings. The van der Waals surface area contributed by atoms with Crippen molar-refractivity contribution >= 4 is 29.0 Å². The Labute approximate surface area is 116 Å². The van der Waals surface area contributed by atoms with Crippen LogP contribution < -0.4 is 5.32 Å². The normalized spacial score (nSPS) is 12.1. The molecule has 1 N–H and O–H groups in total. The number of nitrogens with one attached hydrogen (secondary N) is 1. The number of carbonyl (C=O) groups excluding carboxylic acids is 3. The average Bonchev–Trinajstić information content (AvgIpc) is 2.84. The lowest BCUT2D eigenvalue weighted by atomic mass is 10.0. The fraction of sp³-hybridized carbons (Fsp3) is 0.462. The molecule has 0 aromatic carbocycles. The standard InChI is InChI=1S/C13H17NO4S/c1-7(2)11(13(17)18-4)14-12(16)10-6-5-9(19-10)8(3)15/h5-7,11H,1-4H3,(H,14,16). The summed E-state index contributed by atoms with van der Waals surface area (Å²) in [5, 5.41) is 2.62. The summed E-state index contributed by atoms with van der Waals surface area (Å²) in [6.45, 7) is 5.08. The summed E-state index contributed by atoms with van der Waals surface area (Å²) in [6.07, 6.45) is 0. The van der Waals surface area contributed by atoms with Crippen LogP contribution >= 0.6 is 11.3 Å². The Hall–Kier alpha value is -1.69. The molecule has 0 radical (unpaired) electrons. The third-order valence-electron chi connectivity index (χ3n) is 2.59. The first-order valence-electron chi connectivity index (χ1n) is 5.86. The van der Waals surface area contributed by atoms with E-state index in [1.54, 1.807) is 12.1 Å². The molecule has 0 spiro atoms. The van der Waals surface area contributed by atoms with E-state index < -0.39 is 12.0 Å². The zero-order valence-electron chi connectivity index (χ0n) is 11.4. The smallest absolute Gasteiger partial charge is 0.328 e. The van der Waals surface area contributed by atoms with Crippen molar-refractivity contribution in [1.29, 1.82) is 0 Å². The molecule has 0 saturated heterocycles. The summed E-state index contributed by atoms with van der Waals surface area (Å²) in [4.78, 5) is 35.6. The van der Waals surface area contributed by atoms with Crippen molar-refractivity contribution < 1.29 is 19.1 Å². The number of amides is 1. The number of Topliss-reactive ketones (excluding diaryl/α,β-unsaturated/α-hetero) is 1. The van der Waals surface area contributed by atoms with E-state index in [-0.39, 0.29) is 17.6 Å². The van der Waals surface area contributed by atoms with E-state index in [4.69, 9.17) is 0 Å². The van der Waals surface area contributed by atoms with E-state index >= 15 is 0 Å². The van der Waals surface area contributed by atoms with E-state index in [1.165, 1.54) is 14.0 Å². The highest BCUT2D eigenvalue weighted by atomic mass is 32.1. The molecule has 19 heavy (non-hydrogen) atoms. The average molecular weight is 283 g/mol. The molecule has 0 fully saturated rings. The lowest BCUT2D eigenvalue weighted by molar-refractivity contribution is -0.144. The van der Waals surface area contributed by atoms with Gasteiger partial charge in [0, 0.05) is 0 Å². The maximum Gasteiger partial charge on any atom is 0.328 e. The lowest BCUT2D eigenvalue weighted by Gasteiger charge is -2.19. The second-order valence-corrected chi connectivity index (χ2v) is 5.52. The van der Waals surface area contributed by atoms with Gasteiger partial charge in [-0.15, -0.1) is 11.3 Å². The zero-order chi connectivity index (χ0) is 14.6. The first-order chi connectivity index (χ1) is 8.86. The van der Waals surface area contributed by atoms with Crippen molar-refractivity contribution in [3.05, 3.63) is 21.9 Å². The Morgan fingerprint density at radius 1 is 1.21 bits per heavy atom. The highest BCUT2D eigenvalue weighted by Crippen LogP contribution is 2.17. The summed E-state index contributed by atoms with van der Waals surface area (Å²) in [5.74, 6) is -1.02. The van der Waals surface area contributed by atoms with Crippen LogP contribution in [0.4, 0.5) is 0 Å². The van der Waals surface area contributed by atoms with Crippen molar-refractivity contribution in [1.82, 2.24) is 5.32 Å². The van der Waals surface area contributed by atoms with E-state index in [0.717, 1.165) is 11.3 Å². The first-order valence-corrected chi connectivity index (χ1v) is 6.68. The van der Waals surface area contributed by atoms with Gasteiger partial charge < -0.3 is 10.1 Å². The van der Waals surface area contributed by atoms with Crippen LogP contribution in [-0.4, -0.2) is 30.8 Å². The summed E-state index contributed by atoms with van der Waals surface area (Å²) in [5.41, 5.74) is 0. The minimum Gasteiger partial charge on any atom is -0.467 e. The van der Waals surface area contributed by atoms with Gasteiger partial charge in [-0.25, -0.2) is 4.79 Å². The SMILES string of the molecule is COC(=O)C(NC(=O)c1ccc(C(C)=O)s1)C(C)C. The molecule has 104 valence electrons. The van der Waals surface area contributed by atoms with Gasteiger partial charge in [-0.1, -0.05) is 13.8 Å². The van der Waals surface area contributed by atoms with Crippen molar-refractivity contribution in [3.8, 4) is 0 Å². The molecule has 0 bridgehead atoms. The van der Waals surface area contributed by atoms with Crippen LogP contribution in [0.3, 0.4) is 0 Å². The molecule has 1 aromatic heterocycles. The van der Waals surface area contributed by atoms with Gasteiger partial charge in [0.05, 0.1) is 16.9 Å². The monoisotopic (exact) mass is 283 g/mol. The van der Waals surface area contributed by atoms with Crippen LogP contribution in [0.1, 0.15) is 40.1 Å². The molecule has 1 amide bonds. The minimum absolute atomic E-state index is 0.0800. The topological polar surface area (TPSA) is 72.5 Å². The Morgan fingerprint density at radius 2 is 1.79 bits per heavy atom. The molecule has 0 aliphatic heterocycles. The second-order valence-electron chi connectivity index (χ2n) is 4.44. The molecular weight excluding hydrogens is 266 g/mol. The predicted molar refractivity (Wildman–Crippen MR) is 72.4 cm³/mol. The predicted octanol–water partition coefficient (Wildman–Crippen LogP) is 1.88. The molecule has 6 heteroatoms. The number of ether oxygens (including phenoxy) is 1. The Morgan fingerprint density at radius 3 is 2.21 bits per heavy atom. The van der Waals surface area contributed by atoms with Crippen LogP contribution in [0.5, 0.6) is 0 Å². The number of ketones is 1. The van der Waals surface area contributed by atoms with E-state index in [2.05, 4.69) is 10.1 Å². The van der Waals surface area contributed by atoms with E-state index in [1.807, 2.05) is 13.8 Å². The van der Waals surface area contributed by atoms with Crippen LogP contribution in [0.2, 0.25) is 0 Å². The van der Waals surface area contributed by atoms with E-state index in [9.17, 15) is 14.4 Å². The number of carbonyl (C=O) groups is 3. The quantitative estimate of drug-likeness (QED) is 0.661. The molecular formula is C13H17NO4S. The third kappa shape index (κ3) is 3.89. The molecule has 1 aromatic rings. The van der Waals surface area contributed by atoms with Crippen molar-refractivity contribution in [2.45, 2.75) is 26.8 Å². The van der Waals surface area contributed by atoms with Crippen molar-refractivity contribution in [3.63, 3.8) is 0 Å². The largest absolute Gasteiger partial charge is 0.467 e. The van der Waals surface area contributed by atoms with Crippen LogP contribution in [-0.2, 0) is 9.53 Å². The molecule has 1 rings (SSSR count). The van der Waals surface area contributed by atoms with Gasteiger partial charge in [-0.3, -0.25) is 9.59 Å². The van der Waals surface area contributed by atoms with Gasteiger partial charge in [0.15, 0.2) is 5.78 Å². The zero-order valence-corrected chi connectivity index (χ0v) is 12.2. The molecule has 1 heterocycles. The maximum absolute atomic E-state index is 12.0. The highest BCUT2D eigenvalue weighted by Gasteiger charge is 2.26. The molecule has 1 unspecified atom stereocenters. The number of hydrogen-bond acceptors (Lipinski definition) is 5. The van der Waals surface area contributed by atoms with Gasteiger partial charge in [0.1, 0.15) is 6.04 Å². The Bertz CT molecular complexity index is 493. The molecule has 0 aliphatic carbocycles. The number of hydrogen-bond donors (Lipinski definition) is 1. The minimum atomic E-state index is -0.694. The number of thiophene rings is 1. The van der Waals surface area contributed by atoms with Crippen molar-refractivity contribution in [2.24, 2.45) is 5.92 Å². The fourth-order valence-corrected chi connectivity index (χ4v) is 2.29. The number of rotatable bonds is 5. The van der Waals surface area contributed by atoms with Gasteiger partial charge in [0.2, 0.25) is 0 Å². The summed E-state index contributed by atoms with van der Waals surface area (Å²) in [7, 11) is 1.28. The molecule has 0 saturated carbocycles. The van der Waals surface area contributed by atoms with Gasteiger partial charge in [0.25, 0.3) is 5.91 Å². The maximum atomic E-state index is 12.0.